The van der Waals surface area contributed by atoms with Crippen LogP contribution in [0, 0.1) is 12.8 Å². The number of thiazole rings is 1. The van der Waals surface area contributed by atoms with E-state index in [0.717, 1.165) is 25.3 Å². The van der Waals surface area contributed by atoms with Crippen LogP contribution < -0.4 is 11.1 Å². The topological polar surface area (TPSA) is 55.9 Å². The molecule has 0 bridgehead atoms. The average molecular weight is 328 g/mol. The van der Waals surface area contributed by atoms with Crippen molar-refractivity contribution < 1.29 is 0 Å². The summed E-state index contributed by atoms with van der Waals surface area (Å²) in [7, 11) is 0. The van der Waals surface area contributed by atoms with Crippen molar-refractivity contribution in [3.8, 4) is 0 Å². The summed E-state index contributed by atoms with van der Waals surface area (Å²) >= 11 is 1.49. The smallest absolute Gasteiger partial charge is 0.180 e. The fourth-order valence-electron chi connectivity index (χ4n) is 3.05. The minimum absolute atomic E-state index is 0.628. The summed E-state index contributed by atoms with van der Waals surface area (Å²) in [5, 5.41) is 7.49. The van der Waals surface area contributed by atoms with Gasteiger partial charge in [0.05, 0.1) is 5.69 Å². The number of rotatable bonds is 6. The van der Waals surface area contributed by atoms with Crippen molar-refractivity contribution in [2.75, 3.05) is 5.73 Å². The third-order valence-corrected chi connectivity index (χ3v) is 4.81. The van der Waals surface area contributed by atoms with Crippen molar-refractivity contribution in [3.63, 3.8) is 0 Å². The Kier molecular flexibility index (Phi) is 4.68. The quantitative estimate of drug-likeness (QED) is 0.721. The molecule has 0 aliphatic carbocycles. The van der Waals surface area contributed by atoms with Crippen LogP contribution in [-0.2, 0) is 19.6 Å². The molecule has 0 fully saturated rings. The van der Waals surface area contributed by atoms with E-state index in [2.05, 4.69) is 59.9 Å². The summed E-state index contributed by atoms with van der Waals surface area (Å²) in [4.78, 5) is 4.30. The summed E-state index contributed by atoms with van der Waals surface area (Å²) < 4.78 is 2.44. The number of para-hydroxylation sites is 1. The summed E-state index contributed by atoms with van der Waals surface area (Å²) in [6, 6.07) is 8.67. The van der Waals surface area contributed by atoms with Crippen LogP contribution in [-0.4, -0.2) is 9.55 Å². The molecule has 0 saturated carbocycles. The van der Waals surface area contributed by atoms with Crippen molar-refractivity contribution in [3.05, 3.63) is 46.6 Å². The minimum Gasteiger partial charge on any atom is -0.375 e. The summed E-state index contributed by atoms with van der Waals surface area (Å²) in [5.41, 5.74) is 10.8. The first kappa shape index (κ1) is 16.0. The fourth-order valence-corrected chi connectivity index (χ4v) is 3.61. The van der Waals surface area contributed by atoms with Gasteiger partial charge in [0, 0.05) is 41.6 Å². The molecule has 0 aliphatic heterocycles. The van der Waals surface area contributed by atoms with Crippen LogP contribution in [0.2, 0.25) is 0 Å². The predicted octanol–water partition coefficient (Wildman–Crippen LogP) is 3.93. The second kappa shape index (κ2) is 6.72. The molecule has 1 aromatic carbocycles. The Morgan fingerprint density at radius 2 is 2.04 bits per heavy atom. The van der Waals surface area contributed by atoms with E-state index in [4.69, 9.17) is 5.73 Å². The first-order valence-corrected chi connectivity index (χ1v) is 8.91. The van der Waals surface area contributed by atoms with Gasteiger partial charge in [-0.3, -0.25) is 0 Å². The van der Waals surface area contributed by atoms with Gasteiger partial charge in [-0.15, -0.1) is 11.3 Å². The number of aromatic nitrogens is 2. The number of nitrogens with one attached hydrogen (secondary N) is 1. The Bertz CT molecular complexity index is 801. The number of anilines is 1. The van der Waals surface area contributed by atoms with E-state index in [1.165, 1.54) is 33.5 Å². The molecular weight excluding hydrogens is 304 g/mol. The molecule has 3 N–H and O–H groups in total. The van der Waals surface area contributed by atoms with E-state index in [1.807, 2.05) is 5.38 Å². The van der Waals surface area contributed by atoms with Crippen LogP contribution in [0.15, 0.2) is 29.6 Å². The molecule has 0 aliphatic rings. The standard InChI is InChI=1S/C18H24N4S/c1-12(2)10-22-13(3)16(15-6-4-5-7-17(15)22)9-20-8-14-11-23-18(19)21-14/h4-7,11-12,20H,8-10H2,1-3H3,(H2,19,21). The van der Waals surface area contributed by atoms with Gasteiger partial charge in [-0.1, -0.05) is 32.0 Å². The highest BCUT2D eigenvalue weighted by Gasteiger charge is 2.14. The molecule has 2 aromatic heterocycles. The molecule has 2 heterocycles. The van der Waals surface area contributed by atoms with Crippen molar-refractivity contribution in [2.24, 2.45) is 5.92 Å². The predicted molar refractivity (Wildman–Crippen MR) is 98.6 cm³/mol. The average Bonchev–Trinajstić information content (AvgIpc) is 3.04. The SMILES string of the molecule is Cc1c(CNCc2csc(N)n2)c2ccccc2n1CC(C)C. The lowest BCUT2D eigenvalue weighted by Gasteiger charge is -2.11. The second-order valence-corrected chi connectivity index (χ2v) is 7.26. The van der Waals surface area contributed by atoms with Crippen molar-refractivity contribution in [1.29, 1.82) is 0 Å². The molecule has 0 saturated heterocycles. The van der Waals surface area contributed by atoms with Gasteiger partial charge < -0.3 is 15.6 Å². The van der Waals surface area contributed by atoms with Gasteiger partial charge in [0.15, 0.2) is 5.13 Å². The van der Waals surface area contributed by atoms with E-state index in [0.29, 0.717) is 11.0 Å². The number of nitrogens with two attached hydrogens (primary N) is 1. The number of hydrogen-bond donors (Lipinski definition) is 2. The number of nitrogen functional groups attached to an aromatic ring is 1. The number of fused-ring (bicyclic) bond motifs is 1. The molecule has 4 nitrogen and oxygen atoms in total. The highest BCUT2D eigenvalue weighted by atomic mass is 32.1. The fraction of sp³-hybridized carbons (Fsp3) is 0.389. The Labute approximate surface area is 141 Å². The van der Waals surface area contributed by atoms with Crippen LogP contribution >= 0.6 is 11.3 Å². The van der Waals surface area contributed by atoms with Crippen LogP contribution in [0.1, 0.15) is 30.8 Å². The molecular formula is C18H24N4S. The zero-order chi connectivity index (χ0) is 16.4. The van der Waals surface area contributed by atoms with Crippen LogP contribution in [0.4, 0.5) is 5.13 Å². The van der Waals surface area contributed by atoms with Gasteiger partial charge in [0.1, 0.15) is 0 Å². The highest BCUT2D eigenvalue weighted by molar-refractivity contribution is 7.13. The van der Waals surface area contributed by atoms with Crippen LogP contribution in [0.25, 0.3) is 10.9 Å². The monoisotopic (exact) mass is 328 g/mol. The van der Waals surface area contributed by atoms with E-state index in [-0.39, 0.29) is 0 Å². The second-order valence-electron chi connectivity index (χ2n) is 6.37. The molecule has 0 atom stereocenters. The third kappa shape index (κ3) is 3.41. The van der Waals surface area contributed by atoms with Gasteiger partial charge in [0.25, 0.3) is 0 Å². The molecule has 0 spiro atoms. The maximum Gasteiger partial charge on any atom is 0.180 e. The minimum atomic E-state index is 0.628. The normalized spacial score (nSPS) is 11.7. The number of hydrogen-bond acceptors (Lipinski definition) is 4. The van der Waals surface area contributed by atoms with E-state index in [9.17, 15) is 0 Å². The lowest BCUT2D eigenvalue weighted by atomic mass is 10.1. The van der Waals surface area contributed by atoms with Gasteiger partial charge in [-0.25, -0.2) is 4.98 Å². The molecule has 3 aromatic rings. The zero-order valence-electron chi connectivity index (χ0n) is 14.0. The maximum atomic E-state index is 5.69. The summed E-state index contributed by atoms with van der Waals surface area (Å²) in [6.45, 7) is 9.39. The summed E-state index contributed by atoms with van der Waals surface area (Å²) in [5.74, 6) is 0.628. The molecule has 0 radical (unpaired) electrons. The largest absolute Gasteiger partial charge is 0.375 e. The Balaban J connectivity index is 1.83. The Hall–Kier alpha value is -1.85. The molecule has 0 unspecified atom stereocenters. The lowest BCUT2D eigenvalue weighted by molar-refractivity contribution is 0.525. The van der Waals surface area contributed by atoms with E-state index >= 15 is 0 Å². The maximum absolute atomic E-state index is 5.69. The first-order valence-electron chi connectivity index (χ1n) is 8.03. The van der Waals surface area contributed by atoms with Gasteiger partial charge >= 0.3 is 0 Å². The highest BCUT2D eigenvalue weighted by Crippen LogP contribution is 2.26. The lowest BCUT2D eigenvalue weighted by Crippen LogP contribution is -2.14. The van der Waals surface area contributed by atoms with E-state index < -0.39 is 0 Å². The van der Waals surface area contributed by atoms with Crippen LogP contribution in [0.5, 0.6) is 0 Å². The van der Waals surface area contributed by atoms with Crippen LogP contribution in [0.3, 0.4) is 0 Å². The molecule has 23 heavy (non-hydrogen) atoms. The number of nitrogens with zero attached hydrogens (tertiary/aromatic N) is 2. The van der Waals surface area contributed by atoms with Gasteiger partial charge in [-0.05, 0) is 24.5 Å². The number of benzene rings is 1. The van der Waals surface area contributed by atoms with Crippen molar-refractivity contribution >= 4 is 27.4 Å². The molecule has 0 amide bonds. The molecule has 3 rings (SSSR count). The molecule has 5 heteroatoms. The summed E-state index contributed by atoms with van der Waals surface area (Å²) in [6.07, 6.45) is 0. The zero-order valence-corrected chi connectivity index (χ0v) is 14.8. The van der Waals surface area contributed by atoms with Crippen molar-refractivity contribution in [1.82, 2.24) is 14.9 Å². The third-order valence-electron chi connectivity index (χ3n) is 4.09. The first-order chi connectivity index (χ1) is 11.1. The van der Waals surface area contributed by atoms with E-state index in [1.54, 1.807) is 0 Å². The Morgan fingerprint density at radius 3 is 2.74 bits per heavy atom. The van der Waals surface area contributed by atoms with Gasteiger partial charge in [-0.2, -0.15) is 0 Å². The molecule has 122 valence electrons. The van der Waals surface area contributed by atoms with Crippen molar-refractivity contribution in [2.45, 2.75) is 40.4 Å². The van der Waals surface area contributed by atoms with Gasteiger partial charge in [0.2, 0.25) is 0 Å². The Morgan fingerprint density at radius 1 is 1.26 bits per heavy atom.